The van der Waals surface area contributed by atoms with Crippen molar-refractivity contribution in [2.24, 2.45) is 0 Å². The summed E-state index contributed by atoms with van der Waals surface area (Å²) in [4.78, 5) is 30.9. The molecule has 154 valence electrons. The molecule has 1 aliphatic heterocycles. The maximum absolute atomic E-state index is 12.7. The number of nitrogens with zero attached hydrogens (tertiary/aromatic N) is 3. The van der Waals surface area contributed by atoms with Gasteiger partial charge in [0.25, 0.3) is 0 Å². The molecule has 0 bridgehead atoms. The van der Waals surface area contributed by atoms with Gasteiger partial charge in [-0.15, -0.1) is 0 Å². The fourth-order valence-corrected chi connectivity index (χ4v) is 3.30. The van der Waals surface area contributed by atoms with Crippen molar-refractivity contribution in [3.05, 3.63) is 54.1 Å². The summed E-state index contributed by atoms with van der Waals surface area (Å²) in [5.41, 5.74) is 3.15. The number of nitrogens with one attached hydrogen (secondary N) is 1. The van der Waals surface area contributed by atoms with E-state index in [0.29, 0.717) is 30.9 Å². The number of piperazine rings is 1. The quantitative estimate of drug-likeness (QED) is 0.786. The Morgan fingerprint density at radius 2 is 1.66 bits per heavy atom. The second-order valence-electron chi connectivity index (χ2n) is 7.08. The molecule has 2 aromatic carbocycles. The van der Waals surface area contributed by atoms with Gasteiger partial charge >= 0.3 is 12.0 Å². The third kappa shape index (κ3) is 4.99. The van der Waals surface area contributed by atoms with E-state index in [4.69, 9.17) is 4.74 Å². The number of ether oxygens (including phenoxy) is 1. The van der Waals surface area contributed by atoms with Gasteiger partial charge in [0.1, 0.15) is 0 Å². The number of hydrogen-bond acceptors (Lipinski definition) is 5. The maximum Gasteiger partial charge on any atom is 0.340 e. The van der Waals surface area contributed by atoms with E-state index in [1.807, 2.05) is 14.1 Å². The molecule has 1 saturated heterocycles. The van der Waals surface area contributed by atoms with Gasteiger partial charge in [0, 0.05) is 51.6 Å². The van der Waals surface area contributed by atoms with Crippen LogP contribution in [-0.2, 0) is 4.74 Å². The summed E-state index contributed by atoms with van der Waals surface area (Å²) in [5, 5.41) is 2.86. The highest BCUT2D eigenvalue weighted by Gasteiger charge is 2.23. The molecule has 0 unspecified atom stereocenters. The summed E-state index contributed by atoms with van der Waals surface area (Å²) < 4.78 is 5.07. The molecule has 1 N–H and O–H groups in total. The third-order valence-corrected chi connectivity index (χ3v) is 4.96. The second-order valence-corrected chi connectivity index (χ2v) is 7.08. The molecule has 3 rings (SSSR count). The van der Waals surface area contributed by atoms with Crippen LogP contribution in [0.1, 0.15) is 17.3 Å². The normalized spacial score (nSPS) is 13.8. The van der Waals surface area contributed by atoms with Crippen LogP contribution in [0.15, 0.2) is 48.5 Å². The minimum atomic E-state index is -0.436. The van der Waals surface area contributed by atoms with E-state index in [1.54, 1.807) is 36.1 Å². The van der Waals surface area contributed by atoms with E-state index in [-0.39, 0.29) is 6.03 Å². The standard InChI is InChI=1S/C22H28N4O3/c1-4-29-21(27)19-7-5-6-8-20(19)23-22(28)26-15-13-25(14-16-26)18-11-9-17(10-12-18)24(2)3/h5-12H,4,13-16H2,1-3H3,(H,23,28). The number of esters is 1. The van der Waals surface area contributed by atoms with E-state index in [2.05, 4.69) is 39.4 Å². The van der Waals surface area contributed by atoms with Gasteiger partial charge in [0.15, 0.2) is 0 Å². The van der Waals surface area contributed by atoms with Crippen molar-refractivity contribution in [3.8, 4) is 0 Å². The lowest BCUT2D eigenvalue weighted by molar-refractivity contribution is 0.0527. The summed E-state index contributed by atoms with van der Waals surface area (Å²) in [7, 11) is 4.04. The van der Waals surface area contributed by atoms with Crippen LogP contribution in [0.3, 0.4) is 0 Å². The van der Waals surface area contributed by atoms with Crippen molar-refractivity contribution in [3.63, 3.8) is 0 Å². The molecule has 29 heavy (non-hydrogen) atoms. The van der Waals surface area contributed by atoms with Crippen LogP contribution in [0.2, 0.25) is 0 Å². The summed E-state index contributed by atoms with van der Waals surface area (Å²) in [6, 6.07) is 15.1. The summed E-state index contributed by atoms with van der Waals surface area (Å²) in [6.45, 7) is 4.79. The Hall–Kier alpha value is -3.22. The molecule has 1 fully saturated rings. The highest BCUT2D eigenvalue weighted by Crippen LogP contribution is 2.22. The van der Waals surface area contributed by atoms with Crippen LogP contribution >= 0.6 is 0 Å². The van der Waals surface area contributed by atoms with Gasteiger partial charge in [-0.2, -0.15) is 0 Å². The zero-order valence-corrected chi connectivity index (χ0v) is 17.2. The summed E-state index contributed by atoms with van der Waals surface area (Å²) >= 11 is 0. The van der Waals surface area contributed by atoms with Gasteiger partial charge < -0.3 is 24.8 Å². The number of hydrogen-bond donors (Lipinski definition) is 1. The molecule has 0 saturated carbocycles. The first-order chi connectivity index (χ1) is 14.0. The minimum absolute atomic E-state index is 0.204. The molecular weight excluding hydrogens is 368 g/mol. The van der Waals surface area contributed by atoms with Gasteiger partial charge in [-0.3, -0.25) is 0 Å². The Morgan fingerprint density at radius 1 is 1.00 bits per heavy atom. The molecule has 0 aliphatic carbocycles. The van der Waals surface area contributed by atoms with Crippen LogP contribution < -0.4 is 15.1 Å². The van der Waals surface area contributed by atoms with Crippen molar-refractivity contribution in [2.75, 3.05) is 62.0 Å². The van der Waals surface area contributed by atoms with E-state index >= 15 is 0 Å². The molecule has 7 heteroatoms. The number of urea groups is 1. The highest BCUT2D eigenvalue weighted by molar-refractivity contribution is 6.00. The molecule has 0 atom stereocenters. The molecule has 1 aliphatic rings. The van der Waals surface area contributed by atoms with Crippen molar-refractivity contribution in [1.29, 1.82) is 0 Å². The molecule has 0 aromatic heterocycles. The summed E-state index contributed by atoms with van der Waals surface area (Å²) in [5.74, 6) is -0.436. The Labute approximate surface area is 171 Å². The largest absolute Gasteiger partial charge is 0.462 e. The lowest BCUT2D eigenvalue weighted by atomic mass is 10.2. The van der Waals surface area contributed by atoms with Gasteiger partial charge in [0.05, 0.1) is 17.9 Å². The molecule has 7 nitrogen and oxygen atoms in total. The fourth-order valence-electron chi connectivity index (χ4n) is 3.30. The molecule has 1 heterocycles. The first-order valence-corrected chi connectivity index (χ1v) is 9.84. The van der Waals surface area contributed by atoms with Crippen LogP contribution in [-0.4, -0.2) is 63.8 Å². The number of para-hydroxylation sites is 1. The topological polar surface area (TPSA) is 65.1 Å². The van der Waals surface area contributed by atoms with E-state index < -0.39 is 5.97 Å². The average molecular weight is 396 g/mol. The maximum atomic E-state index is 12.7. The molecule has 2 aromatic rings. The van der Waals surface area contributed by atoms with Gasteiger partial charge in [-0.25, -0.2) is 9.59 Å². The molecular formula is C22H28N4O3. The van der Waals surface area contributed by atoms with Crippen molar-refractivity contribution in [1.82, 2.24) is 4.90 Å². The van der Waals surface area contributed by atoms with Crippen molar-refractivity contribution < 1.29 is 14.3 Å². The van der Waals surface area contributed by atoms with Gasteiger partial charge in [-0.1, -0.05) is 12.1 Å². The Balaban J connectivity index is 1.59. The molecule has 2 amide bonds. The van der Waals surface area contributed by atoms with Crippen LogP contribution in [0.5, 0.6) is 0 Å². The minimum Gasteiger partial charge on any atom is -0.462 e. The van der Waals surface area contributed by atoms with E-state index in [9.17, 15) is 9.59 Å². The predicted octanol–water partition coefficient (Wildman–Crippen LogP) is 3.28. The molecule has 0 spiro atoms. The Bertz CT molecular complexity index is 843. The van der Waals surface area contributed by atoms with E-state index in [1.165, 1.54) is 0 Å². The fraction of sp³-hybridized carbons (Fsp3) is 0.364. The number of anilines is 3. The zero-order valence-electron chi connectivity index (χ0n) is 17.2. The smallest absolute Gasteiger partial charge is 0.340 e. The zero-order chi connectivity index (χ0) is 20.8. The third-order valence-electron chi connectivity index (χ3n) is 4.96. The van der Waals surface area contributed by atoms with Crippen LogP contribution in [0.4, 0.5) is 21.9 Å². The average Bonchev–Trinajstić information content (AvgIpc) is 2.74. The first kappa shape index (κ1) is 20.5. The number of rotatable bonds is 5. The number of amides is 2. The van der Waals surface area contributed by atoms with E-state index in [0.717, 1.165) is 24.5 Å². The number of carbonyl (C=O) groups excluding carboxylic acids is 2. The Morgan fingerprint density at radius 3 is 2.28 bits per heavy atom. The lowest BCUT2D eigenvalue weighted by Gasteiger charge is -2.36. The number of carbonyl (C=O) groups is 2. The summed E-state index contributed by atoms with van der Waals surface area (Å²) in [6.07, 6.45) is 0. The highest BCUT2D eigenvalue weighted by atomic mass is 16.5. The number of benzene rings is 2. The lowest BCUT2D eigenvalue weighted by Crippen LogP contribution is -2.50. The Kier molecular flexibility index (Phi) is 6.59. The van der Waals surface area contributed by atoms with Crippen molar-refractivity contribution >= 4 is 29.1 Å². The van der Waals surface area contributed by atoms with Crippen LogP contribution in [0, 0.1) is 0 Å². The van der Waals surface area contributed by atoms with Crippen LogP contribution in [0.25, 0.3) is 0 Å². The predicted molar refractivity (Wildman–Crippen MR) is 116 cm³/mol. The second kappa shape index (κ2) is 9.32. The SMILES string of the molecule is CCOC(=O)c1ccccc1NC(=O)N1CCN(c2ccc(N(C)C)cc2)CC1. The van der Waals surface area contributed by atoms with Gasteiger partial charge in [-0.05, 0) is 43.3 Å². The monoisotopic (exact) mass is 396 g/mol. The van der Waals surface area contributed by atoms with Crippen molar-refractivity contribution in [2.45, 2.75) is 6.92 Å². The van der Waals surface area contributed by atoms with Gasteiger partial charge in [0.2, 0.25) is 0 Å². The first-order valence-electron chi connectivity index (χ1n) is 9.84. The molecule has 0 radical (unpaired) electrons.